The van der Waals surface area contributed by atoms with Crippen LogP contribution in [0.1, 0.15) is 5.56 Å². The van der Waals surface area contributed by atoms with E-state index in [1.54, 1.807) is 36.4 Å². The van der Waals surface area contributed by atoms with E-state index in [1.807, 2.05) is 0 Å². The summed E-state index contributed by atoms with van der Waals surface area (Å²) < 4.78 is 5.00. The molecule has 1 amide bonds. The lowest BCUT2D eigenvalue weighted by atomic mass is 10.2. The van der Waals surface area contributed by atoms with Gasteiger partial charge in [-0.1, -0.05) is 12.1 Å². The van der Waals surface area contributed by atoms with Crippen LogP contribution in [0.4, 0.5) is 16.2 Å². The Morgan fingerprint density at radius 2 is 1.85 bits per heavy atom. The normalized spacial score (nSPS) is 9.80. The number of hydrogen-bond donors (Lipinski definition) is 1. The van der Waals surface area contributed by atoms with Gasteiger partial charge in [0.2, 0.25) is 0 Å². The van der Waals surface area contributed by atoms with Gasteiger partial charge in [0.05, 0.1) is 4.92 Å². The smallest absolute Gasteiger partial charge is 0.411 e. The molecule has 0 aliphatic rings. The average molecular weight is 271 g/mol. The van der Waals surface area contributed by atoms with Gasteiger partial charge in [-0.05, 0) is 35.9 Å². The number of rotatable bonds is 4. The van der Waals surface area contributed by atoms with Crippen LogP contribution < -0.4 is 5.32 Å². The molecule has 2 rings (SSSR count). The molecule has 0 heterocycles. The number of non-ortho nitro benzene ring substituents is 1. The first-order valence-electron chi connectivity index (χ1n) is 5.78. The Bertz CT molecular complexity index is 596. The van der Waals surface area contributed by atoms with Gasteiger partial charge in [-0.25, -0.2) is 4.79 Å². The maximum Gasteiger partial charge on any atom is 0.411 e. The molecule has 0 aliphatic carbocycles. The summed E-state index contributed by atoms with van der Waals surface area (Å²) in [6.07, 6.45) is -0.588. The first-order valence-corrected chi connectivity index (χ1v) is 5.78. The molecule has 1 radical (unpaired) electrons. The topological polar surface area (TPSA) is 81.5 Å². The lowest BCUT2D eigenvalue weighted by Gasteiger charge is -2.06. The van der Waals surface area contributed by atoms with Gasteiger partial charge in [0.25, 0.3) is 5.69 Å². The molecule has 0 saturated carbocycles. The highest BCUT2D eigenvalue weighted by Crippen LogP contribution is 2.13. The minimum atomic E-state index is -0.588. The first-order chi connectivity index (χ1) is 9.65. The van der Waals surface area contributed by atoms with Gasteiger partial charge in [-0.15, -0.1) is 0 Å². The van der Waals surface area contributed by atoms with Crippen LogP contribution in [0.15, 0.2) is 48.5 Å². The zero-order valence-corrected chi connectivity index (χ0v) is 10.4. The number of nitro groups is 1. The lowest BCUT2D eigenvalue weighted by Crippen LogP contribution is -2.13. The highest BCUT2D eigenvalue weighted by molar-refractivity contribution is 5.84. The van der Waals surface area contributed by atoms with Crippen LogP contribution in [0.2, 0.25) is 0 Å². The van der Waals surface area contributed by atoms with Crippen LogP contribution in [-0.2, 0) is 11.3 Å². The van der Waals surface area contributed by atoms with E-state index >= 15 is 0 Å². The Kier molecular flexibility index (Phi) is 4.28. The van der Waals surface area contributed by atoms with Gasteiger partial charge in [0.1, 0.15) is 6.61 Å². The average Bonchev–Trinajstić information content (AvgIpc) is 2.46. The summed E-state index contributed by atoms with van der Waals surface area (Å²) in [7, 11) is 0. The molecule has 0 fully saturated rings. The van der Waals surface area contributed by atoms with Crippen molar-refractivity contribution in [2.45, 2.75) is 6.61 Å². The summed E-state index contributed by atoms with van der Waals surface area (Å²) in [5.74, 6) is 0. The van der Waals surface area contributed by atoms with Crippen molar-refractivity contribution in [2.75, 3.05) is 5.32 Å². The SMILES string of the molecule is O=C(Nc1cc[c]cc1)OCc1ccc([N+](=O)[O-])cc1. The molecule has 0 unspecified atom stereocenters. The van der Waals surface area contributed by atoms with Crippen LogP contribution in [0.5, 0.6) is 0 Å². The van der Waals surface area contributed by atoms with Crippen LogP contribution in [0.25, 0.3) is 0 Å². The Hall–Kier alpha value is -2.89. The number of nitrogens with one attached hydrogen (secondary N) is 1. The number of carbonyl (C=O) groups excluding carboxylic acids is 1. The van der Waals surface area contributed by atoms with E-state index < -0.39 is 11.0 Å². The van der Waals surface area contributed by atoms with Crippen LogP contribution >= 0.6 is 0 Å². The van der Waals surface area contributed by atoms with E-state index in [2.05, 4.69) is 11.4 Å². The third-order valence-electron chi connectivity index (χ3n) is 2.48. The van der Waals surface area contributed by atoms with Crippen LogP contribution in [0, 0.1) is 16.2 Å². The van der Waals surface area contributed by atoms with Gasteiger partial charge < -0.3 is 4.74 Å². The fourth-order valence-corrected chi connectivity index (χ4v) is 1.49. The number of benzene rings is 2. The molecule has 0 bridgehead atoms. The molecule has 0 spiro atoms. The summed E-state index contributed by atoms with van der Waals surface area (Å²) in [4.78, 5) is 21.5. The second-order valence-electron chi connectivity index (χ2n) is 3.91. The zero-order valence-electron chi connectivity index (χ0n) is 10.4. The number of hydrogen-bond acceptors (Lipinski definition) is 4. The number of amides is 1. The Balaban J connectivity index is 1.85. The van der Waals surface area contributed by atoms with Gasteiger partial charge in [-0.3, -0.25) is 15.4 Å². The van der Waals surface area contributed by atoms with E-state index in [0.717, 1.165) is 0 Å². The maximum absolute atomic E-state index is 11.5. The van der Waals surface area contributed by atoms with E-state index in [9.17, 15) is 14.9 Å². The van der Waals surface area contributed by atoms with E-state index in [1.165, 1.54) is 12.1 Å². The summed E-state index contributed by atoms with van der Waals surface area (Å²) in [5, 5.41) is 13.0. The second kappa shape index (κ2) is 6.33. The third kappa shape index (κ3) is 3.81. The second-order valence-corrected chi connectivity index (χ2v) is 3.91. The monoisotopic (exact) mass is 271 g/mol. The molecule has 1 N–H and O–H groups in total. The van der Waals surface area contributed by atoms with Gasteiger partial charge in [0, 0.05) is 17.8 Å². The lowest BCUT2D eigenvalue weighted by molar-refractivity contribution is -0.384. The Labute approximate surface area is 115 Å². The molecule has 0 aromatic heterocycles. The Morgan fingerprint density at radius 1 is 1.20 bits per heavy atom. The third-order valence-corrected chi connectivity index (χ3v) is 2.48. The van der Waals surface area contributed by atoms with Crippen LogP contribution in [-0.4, -0.2) is 11.0 Å². The molecule has 6 nitrogen and oxygen atoms in total. The minimum Gasteiger partial charge on any atom is -0.444 e. The molecular formula is C14H11N2O4. The van der Waals surface area contributed by atoms with Crippen molar-refractivity contribution < 1.29 is 14.5 Å². The maximum atomic E-state index is 11.5. The fourth-order valence-electron chi connectivity index (χ4n) is 1.49. The largest absolute Gasteiger partial charge is 0.444 e. The molecule has 0 atom stereocenters. The van der Waals surface area contributed by atoms with Crippen molar-refractivity contribution >= 4 is 17.5 Å². The number of ether oxygens (including phenoxy) is 1. The molecular weight excluding hydrogens is 260 g/mol. The molecule has 101 valence electrons. The standard InChI is InChI=1S/C14H11N2O4/c17-14(15-12-4-2-1-3-5-12)20-10-11-6-8-13(9-7-11)16(18)19/h2-9H,10H2,(H,15,17). The van der Waals surface area contributed by atoms with Crippen molar-refractivity contribution in [3.63, 3.8) is 0 Å². The highest BCUT2D eigenvalue weighted by Gasteiger charge is 2.06. The molecule has 2 aromatic carbocycles. The van der Waals surface area contributed by atoms with Crippen molar-refractivity contribution in [2.24, 2.45) is 0 Å². The minimum absolute atomic E-state index is 0.00117. The first kappa shape index (κ1) is 13.5. The van der Waals surface area contributed by atoms with Crippen molar-refractivity contribution in [3.8, 4) is 0 Å². The predicted octanol–water partition coefficient (Wildman–Crippen LogP) is 3.14. The number of carbonyl (C=O) groups is 1. The van der Waals surface area contributed by atoms with Crippen molar-refractivity contribution in [1.82, 2.24) is 0 Å². The van der Waals surface area contributed by atoms with Gasteiger partial charge in [0.15, 0.2) is 0 Å². The molecule has 0 aliphatic heterocycles. The highest BCUT2D eigenvalue weighted by atomic mass is 16.6. The van der Waals surface area contributed by atoms with Crippen LogP contribution in [0.3, 0.4) is 0 Å². The van der Waals surface area contributed by atoms with Crippen molar-refractivity contribution in [1.29, 1.82) is 0 Å². The molecule has 2 aromatic rings. The summed E-state index contributed by atoms with van der Waals surface area (Å²) in [6, 6.07) is 15.4. The predicted molar refractivity (Wildman–Crippen MR) is 72.2 cm³/mol. The summed E-state index contributed by atoms with van der Waals surface area (Å²) in [5.41, 5.74) is 1.28. The van der Waals surface area contributed by atoms with E-state index in [-0.39, 0.29) is 12.3 Å². The van der Waals surface area contributed by atoms with Gasteiger partial charge >= 0.3 is 6.09 Å². The Morgan fingerprint density at radius 3 is 2.45 bits per heavy atom. The molecule has 20 heavy (non-hydrogen) atoms. The zero-order chi connectivity index (χ0) is 14.4. The number of anilines is 1. The van der Waals surface area contributed by atoms with E-state index in [4.69, 9.17) is 4.74 Å². The molecule has 6 heteroatoms. The van der Waals surface area contributed by atoms with E-state index in [0.29, 0.717) is 11.3 Å². The fraction of sp³-hybridized carbons (Fsp3) is 0.0714. The number of nitro benzene ring substituents is 1. The number of nitrogens with zero attached hydrogens (tertiary/aromatic N) is 1. The van der Waals surface area contributed by atoms with Crippen molar-refractivity contribution in [3.05, 3.63) is 70.3 Å². The summed E-state index contributed by atoms with van der Waals surface area (Å²) >= 11 is 0. The quantitative estimate of drug-likeness (QED) is 0.684. The van der Waals surface area contributed by atoms with Gasteiger partial charge in [-0.2, -0.15) is 0 Å². The summed E-state index contributed by atoms with van der Waals surface area (Å²) in [6.45, 7) is 0.0444. The molecule has 0 saturated heterocycles.